The standard InChI is InChI=1S/C38H48O6/c1-21(2)11-12-26(24(7)8)19-36-20-28-27(17-23(5)6)38(33(36)43,31(41)25-13-14-29(39)30(40)18-25)34(44)37(32(36)42,35(28,9)10)16-15-22(3)4/h13-15,17-18,26-28,39-40H,1,7,11-12,16,19-20H2,2-6,8-10H3. The second kappa shape index (κ2) is 11.1. The van der Waals surface area contributed by atoms with Crippen LogP contribution in [0.1, 0.15) is 97.9 Å². The summed E-state index contributed by atoms with van der Waals surface area (Å²) in [6.07, 6.45) is 5.66. The number of rotatable bonds is 11. The maximum Gasteiger partial charge on any atom is 0.184 e. The molecule has 5 rings (SSSR count). The van der Waals surface area contributed by atoms with Crippen LogP contribution in [0, 0.1) is 39.4 Å². The maximum absolute atomic E-state index is 15.3. The highest BCUT2D eigenvalue weighted by Crippen LogP contribution is 2.75. The molecule has 4 aliphatic carbocycles. The number of phenolic OH excluding ortho intramolecular Hbond substituents is 2. The molecule has 4 saturated carbocycles. The number of carbonyl (C=O) groups excluding carboxylic acids is 4. The van der Waals surface area contributed by atoms with Gasteiger partial charge in [0.2, 0.25) is 0 Å². The van der Waals surface area contributed by atoms with E-state index >= 15 is 14.4 Å². The lowest BCUT2D eigenvalue weighted by Gasteiger charge is -2.71. The first kappa shape index (κ1) is 33.4. The van der Waals surface area contributed by atoms with Gasteiger partial charge in [0.15, 0.2) is 40.0 Å². The number of carbonyl (C=O) groups is 4. The first-order chi connectivity index (χ1) is 20.3. The van der Waals surface area contributed by atoms with E-state index in [1.54, 1.807) is 0 Å². The van der Waals surface area contributed by atoms with Crippen molar-refractivity contribution in [2.45, 2.75) is 87.5 Å². The van der Waals surface area contributed by atoms with E-state index in [9.17, 15) is 15.0 Å². The van der Waals surface area contributed by atoms with Gasteiger partial charge in [-0.1, -0.05) is 54.9 Å². The summed E-state index contributed by atoms with van der Waals surface area (Å²) in [6, 6.07) is 3.64. The second-order valence-corrected chi connectivity index (χ2v) is 14.8. The van der Waals surface area contributed by atoms with Crippen LogP contribution in [0.5, 0.6) is 11.5 Å². The molecular formula is C38H48O6. The van der Waals surface area contributed by atoms with Crippen molar-refractivity contribution in [2.75, 3.05) is 0 Å². The third kappa shape index (κ3) is 4.50. The molecule has 6 atom stereocenters. The largest absolute Gasteiger partial charge is 0.504 e. The van der Waals surface area contributed by atoms with E-state index in [-0.39, 0.29) is 42.4 Å². The lowest BCUT2D eigenvalue weighted by molar-refractivity contribution is -0.212. The van der Waals surface area contributed by atoms with Gasteiger partial charge in [-0.05, 0) is 109 Å². The zero-order valence-electron chi connectivity index (χ0n) is 27.6. The summed E-state index contributed by atoms with van der Waals surface area (Å²) in [6.45, 7) is 23.6. The van der Waals surface area contributed by atoms with Gasteiger partial charge in [-0.25, -0.2) is 0 Å². The van der Waals surface area contributed by atoms with E-state index < -0.39 is 56.4 Å². The molecule has 0 aromatic heterocycles. The van der Waals surface area contributed by atoms with Gasteiger partial charge in [0.05, 0.1) is 10.8 Å². The topological polar surface area (TPSA) is 109 Å². The normalized spacial score (nSPS) is 30.6. The van der Waals surface area contributed by atoms with Crippen LogP contribution in [-0.4, -0.2) is 33.3 Å². The Labute approximate surface area is 262 Å². The van der Waals surface area contributed by atoms with Crippen molar-refractivity contribution in [1.82, 2.24) is 0 Å². The number of ketones is 4. The molecule has 1 aromatic carbocycles. The van der Waals surface area contributed by atoms with Crippen LogP contribution in [0.25, 0.3) is 0 Å². The molecule has 44 heavy (non-hydrogen) atoms. The summed E-state index contributed by atoms with van der Waals surface area (Å²) in [5.74, 6) is -4.59. The van der Waals surface area contributed by atoms with Gasteiger partial charge >= 0.3 is 0 Å². The summed E-state index contributed by atoms with van der Waals surface area (Å²) in [5, 5.41) is 20.4. The number of Topliss-reactive ketones (excluding diaryl/α,β-unsaturated/α-hetero) is 4. The van der Waals surface area contributed by atoms with Crippen LogP contribution in [0.3, 0.4) is 0 Å². The quantitative estimate of drug-likeness (QED) is 0.116. The first-order valence-corrected chi connectivity index (χ1v) is 15.6. The average molecular weight is 601 g/mol. The van der Waals surface area contributed by atoms with Crippen molar-refractivity contribution in [3.05, 3.63) is 71.4 Å². The highest BCUT2D eigenvalue weighted by Gasteiger charge is 2.86. The summed E-state index contributed by atoms with van der Waals surface area (Å²) < 4.78 is 0. The van der Waals surface area contributed by atoms with E-state index in [2.05, 4.69) is 13.2 Å². The Balaban J connectivity index is 2.11. The summed E-state index contributed by atoms with van der Waals surface area (Å²) in [4.78, 5) is 60.8. The Hall–Kier alpha value is -3.54. The minimum absolute atomic E-state index is 0.0485. The molecule has 0 radical (unpaired) electrons. The molecule has 0 aliphatic heterocycles. The van der Waals surface area contributed by atoms with Crippen LogP contribution in [0.2, 0.25) is 0 Å². The fraction of sp³-hybridized carbons (Fsp3) is 0.526. The second-order valence-electron chi connectivity index (χ2n) is 14.8. The number of allylic oxidation sites excluding steroid dienone is 6. The Morgan fingerprint density at radius 1 is 0.955 bits per heavy atom. The van der Waals surface area contributed by atoms with Gasteiger partial charge < -0.3 is 10.2 Å². The van der Waals surface area contributed by atoms with Crippen LogP contribution in [0.15, 0.2) is 65.8 Å². The van der Waals surface area contributed by atoms with Crippen LogP contribution in [0.4, 0.5) is 0 Å². The number of benzene rings is 1. The molecule has 6 heteroatoms. The molecule has 0 saturated heterocycles. The third-order valence-electron chi connectivity index (χ3n) is 11.0. The van der Waals surface area contributed by atoms with Crippen LogP contribution < -0.4 is 0 Å². The highest BCUT2D eigenvalue weighted by atomic mass is 16.3. The highest BCUT2D eigenvalue weighted by molar-refractivity contribution is 6.42. The molecule has 2 N–H and O–H groups in total. The fourth-order valence-corrected chi connectivity index (χ4v) is 8.62. The Morgan fingerprint density at radius 2 is 1.59 bits per heavy atom. The fourth-order valence-electron chi connectivity index (χ4n) is 8.62. The molecule has 236 valence electrons. The third-order valence-corrected chi connectivity index (χ3v) is 11.0. The molecule has 4 fully saturated rings. The van der Waals surface area contributed by atoms with Crippen LogP contribution >= 0.6 is 0 Å². The lowest BCUT2D eigenvalue weighted by atomic mass is 9.26. The van der Waals surface area contributed by atoms with Gasteiger partial charge in [-0.2, -0.15) is 0 Å². The van der Waals surface area contributed by atoms with Crippen molar-refractivity contribution in [1.29, 1.82) is 0 Å². The molecule has 0 amide bonds. The SMILES string of the molecule is C=C(C)CCC(CC12CC3C(C=C(C)C)C(C(=O)c4ccc(O)c(O)c4)(C1=O)C(=O)C(CC=C(C)C)(C2=O)C3(C)C)C(=C)C. The summed E-state index contributed by atoms with van der Waals surface area (Å²) >= 11 is 0. The predicted octanol–water partition coefficient (Wildman–Crippen LogP) is 7.90. The van der Waals surface area contributed by atoms with E-state index in [0.717, 1.165) is 28.4 Å². The van der Waals surface area contributed by atoms with Crippen molar-refractivity contribution in [2.24, 2.45) is 39.4 Å². The first-order valence-electron chi connectivity index (χ1n) is 15.6. The minimum Gasteiger partial charge on any atom is -0.504 e. The molecule has 1 aromatic rings. The molecule has 0 heterocycles. The number of aromatic hydroxyl groups is 2. The van der Waals surface area contributed by atoms with Crippen LogP contribution in [-0.2, 0) is 14.4 Å². The maximum atomic E-state index is 15.3. The smallest absolute Gasteiger partial charge is 0.184 e. The minimum atomic E-state index is -2.16. The van der Waals surface area contributed by atoms with Gasteiger partial charge in [0.1, 0.15) is 0 Å². The molecular weight excluding hydrogens is 552 g/mol. The average Bonchev–Trinajstić information content (AvgIpc) is 2.91. The van der Waals surface area contributed by atoms with Crippen molar-refractivity contribution in [3.63, 3.8) is 0 Å². The molecule has 6 unspecified atom stereocenters. The summed E-state index contributed by atoms with van der Waals surface area (Å²) in [7, 11) is 0. The van der Waals surface area contributed by atoms with Gasteiger partial charge in [0.25, 0.3) is 0 Å². The van der Waals surface area contributed by atoms with E-state index in [1.807, 2.05) is 67.5 Å². The zero-order valence-corrected chi connectivity index (χ0v) is 27.6. The van der Waals surface area contributed by atoms with Gasteiger partial charge in [-0.15, -0.1) is 6.58 Å². The Bertz CT molecular complexity index is 1530. The van der Waals surface area contributed by atoms with E-state index in [0.29, 0.717) is 12.8 Å². The Morgan fingerprint density at radius 3 is 2.11 bits per heavy atom. The molecule has 4 aliphatic rings. The number of hydrogen-bond donors (Lipinski definition) is 2. The van der Waals surface area contributed by atoms with E-state index in [1.165, 1.54) is 12.1 Å². The molecule has 6 nitrogen and oxygen atoms in total. The zero-order chi connectivity index (χ0) is 33.2. The predicted molar refractivity (Wildman–Crippen MR) is 172 cm³/mol. The summed E-state index contributed by atoms with van der Waals surface area (Å²) in [5.41, 5.74) is -2.59. The van der Waals surface area contributed by atoms with Crippen molar-refractivity contribution in [3.8, 4) is 11.5 Å². The van der Waals surface area contributed by atoms with Crippen molar-refractivity contribution >= 4 is 23.1 Å². The lowest BCUT2D eigenvalue weighted by Crippen LogP contribution is -2.83. The van der Waals surface area contributed by atoms with E-state index in [4.69, 9.17) is 0 Å². The monoisotopic (exact) mass is 600 g/mol. The van der Waals surface area contributed by atoms with Crippen molar-refractivity contribution < 1.29 is 29.4 Å². The molecule has 4 bridgehead atoms. The number of phenols is 2. The Kier molecular flexibility index (Phi) is 8.43. The number of hydrogen-bond acceptors (Lipinski definition) is 6. The van der Waals surface area contributed by atoms with Gasteiger partial charge in [-0.3, -0.25) is 19.2 Å². The molecule has 0 spiro atoms. The van der Waals surface area contributed by atoms with Gasteiger partial charge in [0, 0.05) is 11.5 Å².